The Kier molecular flexibility index (Phi) is 9.45. The molecule has 5 unspecified atom stereocenters. The Balaban J connectivity index is 1.69. The Bertz CT molecular complexity index is 1200. The van der Waals surface area contributed by atoms with Crippen LogP contribution in [0.15, 0.2) is 30.5 Å². The summed E-state index contributed by atoms with van der Waals surface area (Å²) in [7, 11) is 0. The first-order valence-corrected chi connectivity index (χ1v) is 12.7. The summed E-state index contributed by atoms with van der Waals surface area (Å²) < 4.78 is 0. The number of carboxylic acids is 2. The number of H-pyrrole nitrogens is 1. The third kappa shape index (κ3) is 6.68. The fourth-order valence-electron chi connectivity index (χ4n) is 4.73. The number of para-hydroxylation sites is 1. The minimum atomic E-state index is -1.64. The average molecular weight is 530 g/mol. The number of aromatic nitrogens is 1. The van der Waals surface area contributed by atoms with Crippen LogP contribution >= 0.6 is 0 Å². The smallest absolute Gasteiger partial charge is 0.326 e. The van der Waals surface area contributed by atoms with Crippen LogP contribution in [0.25, 0.3) is 10.9 Å². The van der Waals surface area contributed by atoms with Gasteiger partial charge < -0.3 is 36.5 Å². The Morgan fingerprint density at radius 1 is 1.16 bits per heavy atom. The molecule has 3 rings (SSSR count). The number of carbonyl (C=O) groups is 5. The molecule has 1 aromatic carbocycles. The van der Waals surface area contributed by atoms with Gasteiger partial charge in [-0.1, -0.05) is 38.5 Å². The summed E-state index contributed by atoms with van der Waals surface area (Å²) in [4.78, 5) is 66.4. The molecule has 206 valence electrons. The van der Waals surface area contributed by atoms with Crippen molar-refractivity contribution in [3.05, 3.63) is 36.0 Å². The van der Waals surface area contributed by atoms with Gasteiger partial charge >= 0.3 is 11.9 Å². The lowest BCUT2D eigenvalue weighted by Gasteiger charge is -2.30. The van der Waals surface area contributed by atoms with E-state index in [0.717, 1.165) is 16.5 Å². The van der Waals surface area contributed by atoms with Crippen LogP contribution in [0.5, 0.6) is 0 Å². The highest BCUT2D eigenvalue weighted by Gasteiger charge is 2.39. The first-order chi connectivity index (χ1) is 18.0. The van der Waals surface area contributed by atoms with Crippen molar-refractivity contribution in [1.29, 1.82) is 0 Å². The molecule has 1 aromatic heterocycles. The molecular formula is C26H35N5O7. The lowest BCUT2D eigenvalue weighted by molar-refractivity contribution is -0.147. The van der Waals surface area contributed by atoms with E-state index >= 15 is 0 Å². The van der Waals surface area contributed by atoms with Gasteiger partial charge in [0.25, 0.3) is 0 Å². The predicted octanol–water partition coefficient (Wildman–Crippen LogP) is 0.604. The number of benzene rings is 1. The number of carboxylic acid groups (broad SMARTS) is 2. The standard InChI is InChI=1S/C26H35N5O7/c1-3-14(2)22(24(35)29-19(26(37)38)12-21(32)33)30-23(34)20-9-6-10-31(20)25(36)17(27)11-15-13-28-18-8-5-4-7-16(15)18/h4-5,7-8,13-14,17,19-20,22,28H,3,6,9-12,27H2,1-2H3,(H,29,35)(H,30,34)(H,32,33)(H,37,38). The Morgan fingerprint density at radius 2 is 1.87 bits per heavy atom. The van der Waals surface area contributed by atoms with Crippen molar-refractivity contribution in [3.63, 3.8) is 0 Å². The molecule has 7 N–H and O–H groups in total. The molecule has 1 fully saturated rings. The maximum absolute atomic E-state index is 13.3. The van der Waals surface area contributed by atoms with E-state index in [9.17, 15) is 29.1 Å². The third-order valence-electron chi connectivity index (χ3n) is 7.06. The number of likely N-dealkylation sites (tertiary alicyclic amines) is 1. The van der Waals surface area contributed by atoms with Gasteiger partial charge in [-0.15, -0.1) is 0 Å². The number of hydrogen-bond donors (Lipinski definition) is 6. The second-order valence-corrected chi connectivity index (χ2v) is 9.73. The molecular weight excluding hydrogens is 494 g/mol. The van der Waals surface area contributed by atoms with Crippen molar-refractivity contribution in [2.75, 3.05) is 6.54 Å². The number of carbonyl (C=O) groups excluding carboxylic acids is 3. The van der Waals surface area contributed by atoms with Crippen LogP contribution in [0.2, 0.25) is 0 Å². The molecule has 0 aliphatic carbocycles. The quantitative estimate of drug-likeness (QED) is 0.230. The van der Waals surface area contributed by atoms with Crippen molar-refractivity contribution in [1.82, 2.24) is 20.5 Å². The molecule has 1 aliphatic heterocycles. The maximum atomic E-state index is 13.3. The van der Waals surface area contributed by atoms with Crippen molar-refractivity contribution in [2.24, 2.45) is 11.7 Å². The van der Waals surface area contributed by atoms with E-state index in [-0.39, 0.29) is 18.2 Å². The fourth-order valence-corrected chi connectivity index (χ4v) is 4.73. The van der Waals surface area contributed by atoms with E-state index in [4.69, 9.17) is 10.8 Å². The summed E-state index contributed by atoms with van der Waals surface area (Å²) >= 11 is 0. The molecule has 38 heavy (non-hydrogen) atoms. The van der Waals surface area contributed by atoms with E-state index in [1.54, 1.807) is 13.8 Å². The highest BCUT2D eigenvalue weighted by atomic mass is 16.4. The molecule has 0 radical (unpaired) electrons. The van der Waals surface area contributed by atoms with E-state index in [1.807, 2.05) is 30.5 Å². The van der Waals surface area contributed by atoms with Gasteiger partial charge in [-0.3, -0.25) is 19.2 Å². The number of aromatic amines is 1. The van der Waals surface area contributed by atoms with Gasteiger partial charge in [-0.05, 0) is 36.8 Å². The molecule has 0 spiro atoms. The maximum Gasteiger partial charge on any atom is 0.326 e. The Labute approximate surface area is 219 Å². The van der Waals surface area contributed by atoms with Crippen LogP contribution < -0.4 is 16.4 Å². The molecule has 3 amide bonds. The van der Waals surface area contributed by atoms with Crippen molar-refractivity contribution in [3.8, 4) is 0 Å². The SMILES string of the molecule is CCC(C)C(NC(=O)C1CCCN1C(=O)C(N)Cc1c[nH]c2ccccc12)C(=O)NC(CC(=O)O)C(=O)O. The van der Waals surface area contributed by atoms with Gasteiger partial charge in [-0.25, -0.2) is 4.79 Å². The lowest BCUT2D eigenvalue weighted by atomic mass is 9.97. The molecule has 2 heterocycles. The molecule has 0 saturated carbocycles. The van der Waals surface area contributed by atoms with E-state index < -0.39 is 54.3 Å². The number of aliphatic carboxylic acids is 2. The van der Waals surface area contributed by atoms with Gasteiger partial charge in [0.05, 0.1) is 12.5 Å². The Hall–Kier alpha value is -3.93. The molecule has 1 aliphatic rings. The number of nitrogens with two attached hydrogens (primary N) is 1. The van der Waals surface area contributed by atoms with Crippen molar-refractivity contribution in [2.45, 2.75) is 70.1 Å². The molecule has 12 heteroatoms. The van der Waals surface area contributed by atoms with Gasteiger partial charge in [0.1, 0.15) is 18.1 Å². The monoisotopic (exact) mass is 529 g/mol. The zero-order valence-electron chi connectivity index (χ0n) is 21.5. The van der Waals surface area contributed by atoms with E-state index in [1.165, 1.54) is 4.90 Å². The fraction of sp³-hybridized carbons (Fsp3) is 0.500. The van der Waals surface area contributed by atoms with Crippen LogP contribution in [0, 0.1) is 5.92 Å². The molecule has 5 atom stereocenters. The molecule has 12 nitrogen and oxygen atoms in total. The van der Waals surface area contributed by atoms with E-state index in [2.05, 4.69) is 15.6 Å². The number of nitrogens with zero attached hydrogens (tertiary/aromatic N) is 1. The van der Waals surface area contributed by atoms with Gasteiger partial charge in [0.15, 0.2) is 0 Å². The topological polar surface area (TPSA) is 195 Å². The van der Waals surface area contributed by atoms with Crippen LogP contribution in [0.3, 0.4) is 0 Å². The third-order valence-corrected chi connectivity index (χ3v) is 7.06. The minimum absolute atomic E-state index is 0.283. The van der Waals surface area contributed by atoms with Gasteiger partial charge in [0, 0.05) is 23.6 Å². The zero-order chi connectivity index (χ0) is 28.0. The summed E-state index contributed by atoms with van der Waals surface area (Å²) in [6.45, 7) is 3.86. The van der Waals surface area contributed by atoms with E-state index in [0.29, 0.717) is 25.8 Å². The second-order valence-electron chi connectivity index (χ2n) is 9.73. The summed E-state index contributed by atoms with van der Waals surface area (Å²) in [5.74, 6) is -4.97. The van der Waals surface area contributed by atoms with Crippen LogP contribution in [-0.2, 0) is 30.4 Å². The zero-order valence-corrected chi connectivity index (χ0v) is 21.5. The largest absolute Gasteiger partial charge is 0.481 e. The van der Waals surface area contributed by atoms with Gasteiger partial charge in [-0.2, -0.15) is 0 Å². The average Bonchev–Trinajstić information content (AvgIpc) is 3.53. The first kappa shape index (κ1) is 28.6. The minimum Gasteiger partial charge on any atom is -0.481 e. The molecule has 0 bridgehead atoms. The molecule has 2 aromatic rings. The Morgan fingerprint density at radius 3 is 2.53 bits per heavy atom. The van der Waals surface area contributed by atoms with Crippen molar-refractivity contribution < 1.29 is 34.2 Å². The van der Waals surface area contributed by atoms with Crippen LogP contribution in [0.1, 0.15) is 45.1 Å². The van der Waals surface area contributed by atoms with Crippen LogP contribution in [0.4, 0.5) is 0 Å². The lowest BCUT2D eigenvalue weighted by Crippen LogP contribution is -2.58. The number of fused-ring (bicyclic) bond motifs is 1. The van der Waals surface area contributed by atoms with Crippen molar-refractivity contribution >= 4 is 40.6 Å². The second kappa shape index (κ2) is 12.5. The normalized spacial score (nSPS) is 18.4. The number of amides is 3. The number of hydrogen-bond acceptors (Lipinski definition) is 6. The van der Waals surface area contributed by atoms with Gasteiger partial charge in [0.2, 0.25) is 17.7 Å². The summed E-state index contributed by atoms with van der Waals surface area (Å²) in [5.41, 5.74) is 8.11. The predicted molar refractivity (Wildman–Crippen MR) is 138 cm³/mol. The van der Waals surface area contributed by atoms with Crippen LogP contribution in [-0.4, -0.2) is 80.5 Å². The molecule has 1 saturated heterocycles. The highest BCUT2D eigenvalue weighted by Crippen LogP contribution is 2.22. The summed E-state index contributed by atoms with van der Waals surface area (Å²) in [6.07, 6.45) is 2.76. The number of rotatable bonds is 12. The summed E-state index contributed by atoms with van der Waals surface area (Å²) in [6, 6.07) is 3.22. The number of nitrogens with one attached hydrogen (secondary N) is 3. The first-order valence-electron chi connectivity index (χ1n) is 12.7. The highest BCUT2D eigenvalue weighted by molar-refractivity contribution is 5.95. The summed E-state index contributed by atoms with van der Waals surface area (Å²) in [5, 5.41) is 24.1.